The van der Waals surface area contributed by atoms with Crippen molar-refractivity contribution in [3.8, 4) is 11.1 Å². The molecule has 0 spiro atoms. The summed E-state index contributed by atoms with van der Waals surface area (Å²) in [5.41, 5.74) is 3.62. The lowest BCUT2D eigenvalue weighted by atomic mass is 9.85. The number of hydrogen-bond donors (Lipinski definition) is 1. The Balaban J connectivity index is 1.23. The average Bonchev–Trinajstić information content (AvgIpc) is 3.63. The maximum atomic E-state index is 13.1. The zero-order chi connectivity index (χ0) is 23.9. The lowest BCUT2D eigenvalue weighted by Gasteiger charge is -2.41. The Morgan fingerprint density at radius 2 is 2.00 bits per heavy atom. The van der Waals surface area contributed by atoms with E-state index in [1.807, 2.05) is 24.1 Å². The second-order valence-electron chi connectivity index (χ2n) is 9.96. The number of pyridine rings is 1. The largest absolute Gasteiger partial charge is 0.365 e. The minimum Gasteiger partial charge on any atom is -0.365 e. The van der Waals surface area contributed by atoms with E-state index < -0.39 is 5.54 Å². The summed E-state index contributed by atoms with van der Waals surface area (Å²) < 4.78 is 0. The van der Waals surface area contributed by atoms with E-state index in [4.69, 9.17) is 0 Å². The van der Waals surface area contributed by atoms with E-state index in [9.17, 15) is 14.4 Å². The highest BCUT2D eigenvalue weighted by molar-refractivity contribution is 6.10. The van der Waals surface area contributed by atoms with Crippen LogP contribution >= 0.6 is 0 Å². The molecule has 2 amide bonds. The lowest BCUT2D eigenvalue weighted by Crippen LogP contribution is -2.54. The van der Waals surface area contributed by atoms with Crippen molar-refractivity contribution in [3.63, 3.8) is 0 Å². The first kappa shape index (κ1) is 22.6. The number of amides is 2. The number of Topliss-reactive ketones (excluding diaryl/α,β-unsaturated/α-hetero) is 1. The highest BCUT2D eigenvalue weighted by atomic mass is 16.2. The fourth-order valence-corrected chi connectivity index (χ4v) is 5.65. The van der Waals surface area contributed by atoms with Crippen molar-refractivity contribution in [1.29, 1.82) is 0 Å². The van der Waals surface area contributed by atoms with Gasteiger partial charge in [0.15, 0.2) is 5.78 Å². The molecule has 7 heteroatoms. The standard InChI is InChI=1S/C27H32N4O3/c1-18-17-30(26(34)10-11-27(21-8-9-21)24(32)16-25(33)29-27)13-14-31(18)22-6-3-5-20(15-22)23-7-4-12-28-19(23)2/h3-7,12,15,18,21H,8-11,13-14,16-17H2,1-2H3,(H,29,33)/t18-,27?/m0/s1. The number of nitrogens with one attached hydrogen (secondary N) is 1. The van der Waals surface area contributed by atoms with Gasteiger partial charge in [-0.25, -0.2) is 0 Å². The second kappa shape index (κ2) is 8.85. The van der Waals surface area contributed by atoms with E-state index in [0.29, 0.717) is 25.9 Å². The van der Waals surface area contributed by atoms with Crippen LogP contribution in [0.1, 0.15) is 44.7 Å². The van der Waals surface area contributed by atoms with E-state index in [1.54, 1.807) is 0 Å². The number of aryl methyl sites for hydroxylation is 1. The highest BCUT2D eigenvalue weighted by Crippen LogP contribution is 2.45. The fourth-order valence-electron chi connectivity index (χ4n) is 5.65. The summed E-state index contributed by atoms with van der Waals surface area (Å²) in [6, 6.07) is 12.7. The monoisotopic (exact) mass is 460 g/mol. The molecule has 1 N–H and O–H groups in total. The predicted molar refractivity (Wildman–Crippen MR) is 130 cm³/mol. The Morgan fingerprint density at radius 3 is 2.68 bits per heavy atom. The molecule has 1 aromatic heterocycles. The van der Waals surface area contributed by atoms with Crippen molar-refractivity contribution in [2.75, 3.05) is 24.5 Å². The minimum atomic E-state index is -0.801. The fraction of sp³-hybridized carbons (Fsp3) is 0.481. The molecule has 5 rings (SSSR count). The van der Waals surface area contributed by atoms with Crippen molar-refractivity contribution in [2.24, 2.45) is 5.92 Å². The normalized spacial score (nSPS) is 24.9. The molecule has 2 aliphatic heterocycles. The van der Waals surface area contributed by atoms with Crippen molar-refractivity contribution >= 4 is 23.3 Å². The van der Waals surface area contributed by atoms with Crippen LogP contribution in [-0.4, -0.2) is 58.7 Å². The number of carbonyl (C=O) groups is 3. The molecule has 0 radical (unpaired) electrons. The molecule has 0 bridgehead atoms. The first-order chi connectivity index (χ1) is 16.4. The Bertz CT molecular complexity index is 1130. The number of rotatable bonds is 6. The summed E-state index contributed by atoms with van der Waals surface area (Å²) in [6.45, 7) is 6.22. The number of aromatic nitrogens is 1. The van der Waals surface area contributed by atoms with Crippen LogP contribution in [0.15, 0.2) is 42.6 Å². The molecule has 1 aromatic carbocycles. The predicted octanol–water partition coefficient (Wildman–Crippen LogP) is 3.11. The molecular formula is C27H32N4O3. The van der Waals surface area contributed by atoms with Crippen molar-refractivity contribution in [1.82, 2.24) is 15.2 Å². The first-order valence-electron chi connectivity index (χ1n) is 12.3. The first-order valence-corrected chi connectivity index (χ1v) is 12.3. The number of ketones is 1. The number of benzene rings is 1. The number of hydrogen-bond acceptors (Lipinski definition) is 5. The molecule has 3 aliphatic rings. The molecule has 2 saturated heterocycles. The number of nitrogens with zero attached hydrogens (tertiary/aromatic N) is 3. The van der Waals surface area contributed by atoms with E-state index in [-0.39, 0.29) is 36.0 Å². The zero-order valence-electron chi connectivity index (χ0n) is 19.9. The number of anilines is 1. The van der Waals surface area contributed by atoms with Gasteiger partial charge in [-0.05, 0) is 62.8 Å². The zero-order valence-corrected chi connectivity index (χ0v) is 19.9. The molecule has 1 unspecified atom stereocenters. The molecule has 1 saturated carbocycles. The van der Waals surface area contributed by atoms with Gasteiger partial charge < -0.3 is 15.1 Å². The third kappa shape index (κ3) is 4.19. The summed E-state index contributed by atoms with van der Waals surface area (Å²) in [5.74, 6) is 0.0379. The van der Waals surface area contributed by atoms with E-state index >= 15 is 0 Å². The van der Waals surface area contributed by atoms with Gasteiger partial charge in [-0.2, -0.15) is 0 Å². The van der Waals surface area contributed by atoms with E-state index in [2.05, 4.69) is 52.5 Å². The van der Waals surface area contributed by atoms with Crippen molar-refractivity contribution < 1.29 is 14.4 Å². The van der Waals surface area contributed by atoms with Crippen LogP contribution in [-0.2, 0) is 14.4 Å². The summed E-state index contributed by atoms with van der Waals surface area (Å²) >= 11 is 0. The molecule has 178 valence electrons. The topological polar surface area (TPSA) is 82.6 Å². The molecule has 3 heterocycles. The SMILES string of the molecule is Cc1ncccc1-c1cccc(N2CCN(C(=O)CCC3(C4CC4)NC(=O)CC3=O)C[C@@H]2C)c1. The molecule has 1 aliphatic carbocycles. The third-order valence-electron chi connectivity index (χ3n) is 7.66. The van der Waals surface area contributed by atoms with Gasteiger partial charge >= 0.3 is 0 Å². The number of carbonyl (C=O) groups excluding carboxylic acids is 3. The Hall–Kier alpha value is -3.22. The molecular weight excluding hydrogens is 428 g/mol. The average molecular weight is 461 g/mol. The van der Waals surface area contributed by atoms with Gasteiger partial charge in [0.05, 0.1) is 6.42 Å². The summed E-state index contributed by atoms with van der Waals surface area (Å²) in [4.78, 5) is 46.2. The van der Waals surface area contributed by atoms with Crippen LogP contribution in [0, 0.1) is 12.8 Å². The quantitative estimate of drug-likeness (QED) is 0.670. The van der Waals surface area contributed by atoms with Crippen LogP contribution < -0.4 is 10.2 Å². The lowest BCUT2D eigenvalue weighted by molar-refractivity contribution is -0.133. The van der Waals surface area contributed by atoms with Crippen LogP contribution in [0.2, 0.25) is 0 Å². The van der Waals surface area contributed by atoms with Crippen molar-refractivity contribution in [2.45, 2.75) is 57.5 Å². The Kier molecular flexibility index (Phi) is 5.88. The van der Waals surface area contributed by atoms with Crippen LogP contribution in [0.3, 0.4) is 0 Å². The molecule has 2 aromatic rings. The second-order valence-corrected chi connectivity index (χ2v) is 9.96. The molecule has 7 nitrogen and oxygen atoms in total. The summed E-state index contributed by atoms with van der Waals surface area (Å²) in [7, 11) is 0. The minimum absolute atomic E-state index is 0.0327. The van der Waals surface area contributed by atoms with Gasteiger partial charge in [0.25, 0.3) is 0 Å². The van der Waals surface area contributed by atoms with Gasteiger partial charge in [0.2, 0.25) is 11.8 Å². The maximum absolute atomic E-state index is 13.1. The molecule has 3 fully saturated rings. The van der Waals surface area contributed by atoms with E-state index in [1.165, 1.54) is 0 Å². The van der Waals surface area contributed by atoms with Crippen molar-refractivity contribution in [3.05, 3.63) is 48.3 Å². The van der Waals surface area contributed by atoms with Gasteiger partial charge in [-0.15, -0.1) is 0 Å². The summed E-state index contributed by atoms with van der Waals surface area (Å²) in [5, 5.41) is 2.93. The van der Waals surface area contributed by atoms with Gasteiger partial charge in [0, 0.05) is 55.2 Å². The maximum Gasteiger partial charge on any atom is 0.228 e. The highest BCUT2D eigenvalue weighted by Gasteiger charge is 2.55. The van der Waals surface area contributed by atoms with Gasteiger partial charge in [0.1, 0.15) is 5.54 Å². The van der Waals surface area contributed by atoms with Gasteiger partial charge in [-0.3, -0.25) is 19.4 Å². The van der Waals surface area contributed by atoms with Gasteiger partial charge in [-0.1, -0.05) is 18.2 Å². The van der Waals surface area contributed by atoms with Crippen LogP contribution in [0.5, 0.6) is 0 Å². The Morgan fingerprint density at radius 1 is 1.18 bits per heavy atom. The third-order valence-corrected chi connectivity index (χ3v) is 7.66. The summed E-state index contributed by atoms with van der Waals surface area (Å²) in [6.07, 6.45) is 4.39. The van der Waals surface area contributed by atoms with Crippen LogP contribution in [0.25, 0.3) is 11.1 Å². The Labute approximate surface area is 200 Å². The number of piperazine rings is 1. The smallest absolute Gasteiger partial charge is 0.228 e. The molecule has 2 atom stereocenters. The molecule has 34 heavy (non-hydrogen) atoms. The van der Waals surface area contributed by atoms with E-state index in [0.717, 1.165) is 41.9 Å². The van der Waals surface area contributed by atoms with Crippen LogP contribution in [0.4, 0.5) is 5.69 Å².